The number of carbonyl (C=O) groups is 2. The third-order valence-corrected chi connectivity index (χ3v) is 4.30. The fourth-order valence-electron chi connectivity index (χ4n) is 2.59. The van der Waals surface area contributed by atoms with E-state index in [-0.39, 0.29) is 5.78 Å². The van der Waals surface area contributed by atoms with Crippen molar-refractivity contribution in [3.8, 4) is 0 Å². The molecule has 0 aromatic heterocycles. The summed E-state index contributed by atoms with van der Waals surface area (Å²) < 4.78 is 0.923. The highest BCUT2D eigenvalue weighted by molar-refractivity contribution is 9.10. The first-order chi connectivity index (χ1) is 10.0. The summed E-state index contributed by atoms with van der Waals surface area (Å²) in [7, 11) is 0. The number of halogens is 1. The molecule has 5 heteroatoms. The number of Topliss-reactive ketones (excluding diaryl/α,β-unsaturated/α-hetero) is 1. The summed E-state index contributed by atoms with van der Waals surface area (Å²) in [5.41, 5.74) is 1.27. The quantitative estimate of drug-likeness (QED) is 0.654. The molecule has 0 radical (unpaired) electrons. The summed E-state index contributed by atoms with van der Waals surface area (Å²) in [5.74, 6) is -0.847. The fraction of sp³-hybridized carbons (Fsp3) is 0.375. The lowest BCUT2D eigenvalue weighted by molar-refractivity contribution is -0.141. The molecule has 0 unspecified atom stereocenters. The first-order valence-corrected chi connectivity index (χ1v) is 7.74. The molecule has 1 atom stereocenters. The normalized spacial score (nSPS) is 19.7. The second-order valence-corrected chi connectivity index (χ2v) is 6.03. The lowest BCUT2D eigenvalue weighted by atomic mass is 10.0. The minimum Gasteiger partial charge on any atom is -0.480 e. The average molecular weight is 352 g/mol. The largest absolute Gasteiger partial charge is 0.480 e. The highest BCUT2D eigenvalue weighted by atomic mass is 79.9. The van der Waals surface area contributed by atoms with Crippen molar-refractivity contribution in [1.29, 1.82) is 0 Å². The second-order valence-electron chi connectivity index (χ2n) is 5.12. The molecule has 0 amide bonds. The third-order valence-electron chi connectivity index (χ3n) is 3.77. The molecular formula is C16H18BrNO3. The topological polar surface area (TPSA) is 57.6 Å². The van der Waals surface area contributed by atoms with Crippen molar-refractivity contribution in [2.75, 3.05) is 13.1 Å². The number of rotatable bonds is 5. The van der Waals surface area contributed by atoms with Gasteiger partial charge in [-0.2, -0.15) is 0 Å². The molecular weight excluding hydrogens is 334 g/mol. The van der Waals surface area contributed by atoms with E-state index in [1.165, 1.54) is 0 Å². The standard InChI is InChI=1S/C16H18BrNO3/c1-2-11(10-18-9-3-4-14(18)16(20)21)15(19)12-5-7-13(17)8-6-12/h2,5-8,14H,3-4,9-10H2,1H3,(H,20,21)/b11-2-/t14-/m0/s1. The minimum atomic E-state index is -0.806. The van der Waals surface area contributed by atoms with Crippen molar-refractivity contribution in [2.24, 2.45) is 0 Å². The predicted molar refractivity (Wildman–Crippen MR) is 84.5 cm³/mol. The van der Waals surface area contributed by atoms with Gasteiger partial charge in [0.25, 0.3) is 0 Å². The van der Waals surface area contributed by atoms with Gasteiger partial charge < -0.3 is 5.11 Å². The van der Waals surface area contributed by atoms with Gasteiger partial charge in [-0.05, 0) is 50.6 Å². The van der Waals surface area contributed by atoms with Crippen LogP contribution in [0.2, 0.25) is 0 Å². The Bertz CT molecular complexity index is 565. The lowest BCUT2D eigenvalue weighted by Gasteiger charge is -2.22. The van der Waals surface area contributed by atoms with Crippen LogP contribution < -0.4 is 0 Å². The maximum Gasteiger partial charge on any atom is 0.320 e. The smallest absolute Gasteiger partial charge is 0.320 e. The molecule has 0 spiro atoms. The highest BCUT2D eigenvalue weighted by Gasteiger charge is 2.31. The molecule has 0 aliphatic carbocycles. The molecule has 0 bridgehead atoms. The van der Waals surface area contributed by atoms with E-state index >= 15 is 0 Å². The Morgan fingerprint density at radius 1 is 1.38 bits per heavy atom. The van der Waals surface area contributed by atoms with E-state index in [0.29, 0.717) is 24.1 Å². The number of hydrogen-bond donors (Lipinski definition) is 1. The SMILES string of the molecule is C/C=C(/CN1CCC[C@H]1C(=O)O)C(=O)c1ccc(Br)cc1. The Hall–Kier alpha value is -1.46. The van der Waals surface area contributed by atoms with Crippen LogP contribution in [0, 0.1) is 0 Å². The van der Waals surface area contributed by atoms with Gasteiger partial charge in [-0.1, -0.05) is 22.0 Å². The molecule has 1 aromatic rings. The van der Waals surface area contributed by atoms with Gasteiger partial charge in [-0.25, -0.2) is 0 Å². The highest BCUT2D eigenvalue weighted by Crippen LogP contribution is 2.21. The summed E-state index contributed by atoms with van der Waals surface area (Å²) >= 11 is 3.34. The predicted octanol–water partition coefficient (Wildman–Crippen LogP) is 3.13. The maximum absolute atomic E-state index is 12.5. The Morgan fingerprint density at radius 2 is 2.05 bits per heavy atom. The number of likely N-dealkylation sites (tertiary alicyclic amines) is 1. The molecule has 1 saturated heterocycles. The Kier molecular flexibility index (Phi) is 5.31. The maximum atomic E-state index is 12.5. The van der Waals surface area contributed by atoms with E-state index in [0.717, 1.165) is 17.4 Å². The monoisotopic (exact) mass is 351 g/mol. The van der Waals surface area contributed by atoms with Gasteiger partial charge in [0.15, 0.2) is 5.78 Å². The van der Waals surface area contributed by atoms with Gasteiger partial charge in [0.1, 0.15) is 6.04 Å². The van der Waals surface area contributed by atoms with Crippen LogP contribution in [0.25, 0.3) is 0 Å². The van der Waals surface area contributed by atoms with Gasteiger partial charge >= 0.3 is 5.97 Å². The van der Waals surface area contributed by atoms with Gasteiger partial charge in [0, 0.05) is 22.2 Å². The van der Waals surface area contributed by atoms with E-state index in [1.807, 2.05) is 24.0 Å². The van der Waals surface area contributed by atoms with E-state index < -0.39 is 12.0 Å². The molecule has 0 saturated carbocycles. The van der Waals surface area contributed by atoms with E-state index in [4.69, 9.17) is 0 Å². The van der Waals surface area contributed by atoms with Crippen LogP contribution in [-0.2, 0) is 4.79 Å². The van der Waals surface area contributed by atoms with Crippen molar-refractivity contribution in [2.45, 2.75) is 25.8 Å². The van der Waals surface area contributed by atoms with E-state index in [2.05, 4.69) is 15.9 Å². The number of nitrogens with zero attached hydrogens (tertiary/aromatic N) is 1. The molecule has 112 valence electrons. The second kappa shape index (κ2) is 7.00. The molecule has 4 nitrogen and oxygen atoms in total. The molecule has 21 heavy (non-hydrogen) atoms. The zero-order valence-corrected chi connectivity index (χ0v) is 13.5. The number of carboxylic acid groups (broad SMARTS) is 1. The van der Waals surface area contributed by atoms with Gasteiger partial charge in [-0.3, -0.25) is 14.5 Å². The Balaban J connectivity index is 2.11. The first-order valence-electron chi connectivity index (χ1n) is 6.95. The third kappa shape index (κ3) is 3.80. The van der Waals surface area contributed by atoms with Crippen LogP contribution in [0.1, 0.15) is 30.1 Å². The molecule has 1 N–H and O–H groups in total. The van der Waals surface area contributed by atoms with E-state index in [9.17, 15) is 14.7 Å². The number of benzene rings is 1. The summed E-state index contributed by atoms with van der Waals surface area (Å²) in [6.45, 7) is 2.93. The summed E-state index contributed by atoms with van der Waals surface area (Å²) in [6, 6.07) is 6.73. The van der Waals surface area contributed by atoms with Gasteiger partial charge in [0.05, 0.1) is 0 Å². The van der Waals surface area contributed by atoms with Crippen LogP contribution in [0.15, 0.2) is 40.4 Å². The van der Waals surface area contributed by atoms with Crippen LogP contribution >= 0.6 is 15.9 Å². The molecule has 1 aromatic carbocycles. The molecule has 2 rings (SSSR count). The van der Waals surface area contributed by atoms with Gasteiger partial charge in [-0.15, -0.1) is 0 Å². The Morgan fingerprint density at radius 3 is 2.62 bits per heavy atom. The minimum absolute atomic E-state index is 0.0407. The van der Waals surface area contributed by atoms with E-state index in [1.54, 1.807) is 18.2 Å². The average Bonchev–Trinajstić information content (AvgIpc) is 2.93. The summed E-state index contributed by atoms with van der Waals surface area (Å²) in [4.78, 5) is 25.6. The molecule has 1 aliphatic rings. The number of allylic oxidation sites excluding steroid dienone is 1. The molecule has 1 aliphatic heterocycles. The van der Waals surface area contributed by atoms with Crippen molar-refractivity contribution in [1.82, 2.24) is 4.90 Å². The molecule has 1 fully saturated rings. The van der Waals surface area contributed by atoms with Crippen LogP contribution in [-0.4, -0.2) is 40.9 Å². The number of carboxylic acids is 1. The Labute approximate surface area is 132 Å². The summed E-state index contributed by atoms with van der Waals surface area (Å²) in [6.07, 6.45) is 3.29. The zero-order valence-electron chi connectivity index (χ0n) is 11.9. The number of carbonyl (C=O) groups excluding carboxylic acids is 1. The zero-order chi connectivity index (χ0) is 15.4. The van der Waals surface area contributed by atoms with Crippen LogP contribution in [0.5, 0.6) is 0 Å². The van der Waals surface area contributed by atoms with Crippen molar-refractivity contribution in [3.63, 3.8) is 0 Å². The summed E-state index contributed by atoms with van der Waals surface area (Å²) in [5, 5.41) is 9.20. The van der Waals surface area contributed by atoms with Crippen LogP contribution in [0.3, 0.4) is 0 Å². The first kappa shape index (κ1) is 15.9. The number of ketones is 1. The van der Waals surface area contributed by atoms with Crippen LogP contribution in [0.4, 0.5) is 0 Å². The number of aliphatic carboxylic acids is 1. The van der Waals surface area contributed by atoms with Crippen molar-refractivity contribution < 1.29 is 14.7 Å². The lowest BCUT2D eigenvalue weighted by Crippen LogP contribution is -2.38. The van der Waals surface area contributed by atoms with Gasteiger partial charge in [0.2, 0.25) is 0 Å². The van der Waals surface area contributed by atoms with Crippen molar-refractivity contribution in [3.05, 3.63) is 46.0 Å². The molecule has 1 heterocycles. The number of hydrogen-bond acceptors (Lipinski definition) is 3. The van der Waals surface area contributed by atoms with Crippen molar-refractivity contribution >= 4 is 27.7 Å². The fourth-order valence-corrected chi connectivity index (χ4v) is 2.86.